The maximum absolute atomic E-state index is 11.6. The molecule has 0 radical (unpaired) electrons. The van der Waals surface area contributed by atoms with Crippen LogP contribution in [-0.4, -0.2) is 6.18 Å². The molecular weight excluding hydrogens is 217 g/mol. The van der Waals surface area contributed by atoms with Crippen molar-refractivity contribution in [3.05, 3.63) is 41.6 Å². The molecule has 14 heavy (non-hydrogen) atoms. The fourth-order valence-electron chi connectivity index (χ4n) is 0.703. The number of rotatable bonds is 2. The number of hydrogen-bond donors (Lipinski definition) is 0. The lowest BCUT2D eigenvalue weighted by atomic mass is 10.3. The van der Waals surface area contributed by atoms with E-state index in [9.17, 15) is 13.2 Å². The molecule has 0 bridgehead atoms. The van der Waals surface area contributed by atoms with Crippen molar-refractivity contribution < 1.29 is 17.9 Å². The van der Waals surface area contributed by atoms with E-state index in [1.807, 2.05) is 0 Å². The first-order chi connectivity index (χ1) is 6.47. The van der Waals surface area contributed by atoms with E-state index in [1.54, 1.807) is 0 Å². The second kappa shape index (κ2) is 4.37. The second-order valence-corrected chi connectivity index (χ2v) is 2.85. The van der Waals surface area contributed by atoms with Gasteiger partial charge in [0.05, 0.1) is 12.3 Å². The van der Waals surface area contributed by atoms with Gasteiger partial charge in [0.25, 0.3) is 0 Å². The van der Waals surface area contributed by atoms with Crippen LogP contribution in [0, 0.1) is 0 Å². The van der Waals surface area contributed by atoms with Crippen molar-refractivity contribution in [1.29, 1.82) is 0 Å². The van der Waals surface area contributed by atoms with Gasteiger partial charge in [0.15, 0.2) is 0 Å². The molecule has 0 amide bonds. The molecule has 0 heterocycles. The fraction of sp³-hybridized carbons (Fsp3) is 0.111. The largest absolute Gasteiger partial charge is 0.465 e. The van der Waals surface area contributed by atoms with E-state index in [0.29, 0.717) is 17.0 Å². The molecule has 0 aromatic heterocycles. The number of hydrogen-bond acceptors (Lipinski definition) is 1. The topological polar surface area (TPSA) is 9.23 Å². The summed E-state index contributed by atoms with van der Waals surface area (Å²) in [6, 6.07) is 6.00. The molecule has 1 rings (SSSR count). The zero-order valence-corrected chi connectivity index (χ0v) is 7.64. The summed E-state index contributed by atoms with van der Waals surface area (Å²) in [5.74, 6) is 0.301. The van der Waals surface area contributed by atoms with Crippen LogP contribution < -0.4 is 4.74 Å². The summed E-state index contributed by atoms with van der Waals surface area (Å²) in [5, 5.41) is 0.497. The van der Waals surface area contributed by atoms with Gasteiger partial charge in [-0.05, 0) is 24.3 Å². The fourth-order valence-corrected chi connectivity index (χ4v) is 0.829. The van der Waals surface area contributed by atoms with E-state index >= 15 is 0 Å². The lowest BCUT2D eigenvalue weighted by Gasteiger charge is -2.00. The van der Waals surface area contributed by atoms with Gasteiger partial charge < -0.3 is 4.74 Å². The number of allylic oxidation sites excluding steroid dienone is 1. The minimum absolute atomic E-state index is 0.0155. The van der Waals surface area contributed by atoms with Gasteiger partial charge >= 0.3 is 6.18 Å². The Hall–Kier alpha value is -1.16. The maximum Gasteiger partial charge on any atom is 0.412 e. The van der Waals surface area contributed by atoms with E-state index in [0.717, 1.165) is 0 Å². The smallest absolute Gasteiger partial charge is 0.412 e. The Labute approximate surface area is 83.8 Å². The number of halogens is 4. The highest BCUT2D eigenvalue weighted by atomic mass is 35.5. The summed E-state index contributed by atoms with van der Waals surface area (Å²) in [7, 11) is 0. The minimum Gasteiger partial charge on any atom is -0.465 e. The van der Waals surface area contributed by atoms with Crippen LogP contribution >= 0.6 is 11.6 Å². The third kappa shape index (κ3) is 4.18. The summed E-state index contributed by atoms with van der Waals surface area (Å²) in [6.45, 7) is 0. The van der Waals surface area contributed by atoms with Crippen LogP contribution in [0.4, 0.5) is 13.2 Å². The van der Waals surface area contributed by atoms with Gasteiger partial charge in [-0.15, -0.1) is 0 Å². The highest BCUT2D eigenvalue weighted by molar-refractivity contribution is 6.30. The van der Waals surface area contributed by atoms with E-state index in [2.05, 4.69) is 4.74 Å². The summed E-state index contributed by atoms with van der Waals surface area (Å²) in [5.41, 5.74) is 0. The van der Waals surface area contributed by atoms with E-state index in [4.69, 9.17) is 11.6 Å². The van der Waals surface area contributed by atoms with Gasteiger partial charge in [-0.2, -0.15) is 13.2 Å². The Morgan fingerprint density at radius 2 is 1.71 bits per heavy atom. The van der Waals surface area contributed by atoms with Crippen molar-refractivity contribution in [3.8, 4) is 5.75 Å². The molecule has 1 aromatic carbocycles. The van der Waals surface area contributed by atoms with Crippen molar-refractivity contribution in [1.82, 2.24) is 0 Å². The van der Waals surface area contributed by atoms with Crippen LogP contribution in [0.5, 0.6) is 5.75 Å². The molecule has 5 heteroatoms. The summed E-state index contributed by atoms with van der Waals surface area (Å²) in [4.78, 5) is 0. The zero-order chi connectivity index (χ0) is 10.6. The van der Waals surface area contributed by atoms with Gasteiger partial charge in [0.1, 0.15) is 5.75 Å². The molecule has 0 aliphatic rings. The van der Waals surface area contributed by atoms with Gasteiger partial charge in [-0.1, -0.05) is 11.6 Å². The molecule has 1 nitrogen and oxygen atoms in total. The number of ether oxygens (including phenoxy) is 1. The van der Waals surface area contributed by atoms with Crippen molar-refractivity contribution in [2.45, 2.75) is 6.18 Å². The summed E-state index contributed by atoms with van der Waals surface area (Å²) < 4.78 is 39.6. The highest BCUT2D eigenvalue weighted by Crippen LogP contribution is 2.18. The molecule has 0 atom stereocenters. The van der Waals surface area contributed by atoms with Crippen LogP contribution in [0.15, 0.2) is 36.6 Å². The summed E-state index contributed by atoms with van der Waals surface area (Å²) >= 11 is 5.56. The molecule has 0 saturated heterocycles. The average Bonchev–Trinajstić information content (AvgIpc) is 2.06. The molecule has 0 saturated carbocycles. The Morgan fingerprint density at radius 3 is 2.21 bits per heavy atom. The lowest BCUT2D eigenvalue weighted by Crippen LogP contribution is -2.01. The van der Waals surface area contributed by atoms with Crippen LogP contribution in [0.3, 0.4) is 0 Å². The standard InChI is InChI=1S/C9H6ClF3O/c10-7-1-3-8(4-2-7)14-6-5-9(11,12)13/h1-6H/b6-5+. The van der Waals surface area contributed by atoms with Gasteiger partial charge in [-0.3, -0.25) is 0 Å². The third-order valence-electron chi connectivity index (χ3n) is 1.27. The second-order valence-electron chi connectivity index (χ2n) is 2.42. The lowest BCUT2D eigenvalue weighted by molar-refractivity contribution is -0.0809. The van der Waals surface area contributed by atoms with Gasteiger partial charge in [0, 0.05) is 5.02 Å². The average molecular weight is 223 g/mol. The predicted octanol–water partition coefficient (Wildman–Crippen LogP) is 3.79. The monoisotopic (exact) mass is 222 g/mol. The Bertz CT molecular complexity index is 316. The molecular formula is C9H6ClF3O. The van der Waals surface area contributed by atoms with Crippen molar-refractivity contribution in [2.24, 2.45) is 0 Å². The van der Waals surface area contributed by atoms with E-state index in [-0.39, 0.29) is 6.08 Å². The molecule has 1 aromatic rings. The Kier molecular flexibility index (Phi) is 3.41. The van der Waals surface area contributed by atoms with Gasteiger partial charge in [-0.25, -0.2) is 0 Å². The van der Waals surface area contributed by atoms with Gasteiger partial charge in [0.2, 0.25) is 0 Å². The Morgan fingerprint density at radius 1 is 1.14 bits per heavy atom. The first kappa shape index (κ1) is 10.9. The van der Waals surface area contributed by atoms with Crippen molar-refractivity contribution >= 4 is 11.6 Å². The zero-order valence-electron chi connectivity index (χ0n) is 6.88. The number of alkyl halides is 3. The SMILES string of the molecule is FC(F)(F)/C=C/Oc1ccc(Cl)cc1. The summed E-state index contributed by atoms with van der Waals surface area (Å²) in [6.07, 6.45) is -3.75. The van der Waals surface area contributed by atoms with Crippen LogP contribution in [0.2, 0.25) is 5.02 Å². The van der Waals surface area contributed by atoms with Crippen LogP contribution in [0.25, 0.3) is 0 Å². The third-order valence-corrected chi connectivity index (χ3v) is 1.53. The normalized spacial score (nSPS) is 12.0. The molecule has 0 N–H and O–H groups in total. The van der Waals surface area contributed by atoms with Crippen LogP contribution in [0.1, 0.15) is 0 Å². The molecule has 0 unspecified atom stereocenters. The Balaban J connectivity index is 2.54. The number of benzene rings is 1. The molecule has 0 fully saturated rings. The van der Waals surface area contributed by atoms with Crippen LogP contribution in [-0.2, 0) is 0 Å². The molecule has 76 valence electrons. The van der Waals surface area contributed by atoms with Crippen molar-refractivity contribution in [2.75, 3.05) is 0 Å². The molecule has 0 aliphatic carbocycles. The molecule has 0 aliphatic heterocycles. The van der Waals surface area contributed by atoms with E-state index < -0.39 is 6.18 Å². The predicted molar refractivity (Wildman–Crippen MR) is 47.3 cm³/mol. The maximum atomic E-state index is 11.6. The quantitative estimate of drug-likeness (QED) is 0.692. The highest BCUT2D eigenvalue weighted by Gasteiger charge is 2.22. The minimum atomic E-state index is -4.35. The van der Waals surface area contributed by atoms with Crippen molar-refractivity contribution in [3.63, 3.8) is 0 Å². The first-order valence-corrected chi connectivity index (χ1v) is 4.02. The first-order valence-electron chi connectivity index (χ1n) is 3.64. The van der Waals surface area contributed by atoms with E-state index in [1.165, 1.54) is 24.3 Å². The molecule has 0 spiro atoms.